The van der Waals surface area contributed by atoms with E-state index in [0.29, 0.717) is 4.57 Å². The van der Waals surface area contributed by atoms with Crippen LogP contribution in [0, 0.1) is 0 Å². The second-order valence-electron chi connectivity index (χ2n) is 8.05. The lowest BCUT2D eigenvalue weighted by Gasteiger charge is -2.30. The number of phosphoric ester groups is 1. The second kappa shape index (κ2) is 13.5. The van der Waals surface area contributed by atoms with Crippen LogP contribution in [-0.4, -0.2) is 113 Å². The van der Waals surface area contributed by atoms with Gasteiger partial charge in [0.1, 0.15) is 49.0 Å². The average Bonchev–Trinajstić information content (AvgIpc) is 3.11. The van der Waals surface area contributed by atoms with E-state index in [0.717, 1.165) is 19.2 Å². The van der Waals surface area contributed by atoms with Crippen molar-refractivity contribution in [2.75, 3.05) is 13.2 Å². The molecule has 20 nitrogen and oxygen atoms in total. The van der Waals surface area contributed by atoms with Crippen LogP contribution in [0.4, 0.5) is 0 Å². The third-order valence-corrected chi connectivity index (χ3v) is 7.77. The molecule has 0 bridgehead atoms. The molecule has 0 spiro atoms. The van der Waals surface area contributed by atoms with Crippen molar-refractivity contribution in [2.24, 2.45) is 0 Å². The van der Waals surface area contributed by atoms with Gasteiger partial charge in [0.05, 0.1) is 13.2 Å². The van der Waals surface area contributed by atoms with Gasteiger partial charge in [0.25, 0.3) is 5.56 Å². The molecule has 2 rings (SSSR count). The summed E-state index contributed by atoms with van der Waals surface area (Å²) in [4.78, 5) is 65.7. The van der Waals surface area contributed by atoms with Gasteiger partial charge < -0.3 is 50.2 Å². The standard InChI is InChI=1S/C17H27N3O17P2/c1-7(23)18-8(4-21)12(25)13(26)9(5-22)36-39(33,37-38(30,31)32)34-6-10-14(27)15(28)16(35-10)20-3-2-11(24)19-17(20)29/h2-4,8-10,12-16,22,25-28H,5-6H2,1H3,(H,18,23)(H,19,24,29)(H2,30,31,32)/t8-,9+,10+,12+,13+,14+,15+,16+,39?/m0/s1. The fourth-order valence-corrected chi connectivity index (χ4v) is 5.63. The van der Waals surface area contributed by atoms with E-state index in [1.54, 1.807) is 0 Å². The molecule has 1 amide bonds. The third kappa shape index (κ3) is 8.92. The topological polar surface area (TPSA) is 314 Å². The number of ether oxygens (including phenoxy) is 1. The monoisotopic (exact) mass is 607 g/mol. The molecule has 9 N–H and O–H groups in total. The summed E-state index contributed by atoms with van der Waals surface area (Å²) in [6, 6.07) is -0.852. The molecule has 0 aromatic carbocycles. The predicted octanol–water partition coefficient (Wildman–Crippen LogP) is -4.81. The number of rotatable bonds is 14. The minimum atomic E-state index is -5.70. The van der Waals surface area contributed by atoms with Crippen LogP contribution in [0.1, 0.15) is 13.2 Å². The Balaban J connectivity index is 2.23. The fraction of sp³-hybridized carbons (Fsp3) is 0.647. The molecule has 0 radical (unpaired) electrons. The number of nitrogens with zero attached hydrogens (tertiary/aromatic N) is 1. The lowest BCUT2D eigenvalue weighted by atomic mass is 10.0. The Bertz CT molecular complexity index is 1220. The molecule has 1 aliphatic heterocycles. The Hall–Kier alpha value is -2.16. The van der Waals surface area contributed by atoms with Crippen LogP contribution in [0.15, 0.2) is 21.9 Å². The molecule has 9 atom stereocenters. The molecule has 22 heteroatoms. The molecule has 39 heavy (non-hydrogen) atoms. The van der Waals surface area contributed by atoms with Crippen LogP contribution >= 0.6 is 15.6 Å². The number of hydrogen-bond acceptors (Lipinski definition) is 15. The van der Waals surface area contributed by atoms with Crippen LogP contribution < -0.4 is 16.6 Å². The third-order valence-electron chi connectivity index (χ3n) is 5.13. The van der Waals surface area contributed by atoms with Crippen molar-refractivity contribution >= 4 is 27.8 Å². The van der Waals surface area contributed by atoms with Crippen molar-refractivity contribution in [1.29, 1.82) is 0 Å². The lowest BCUT2D eigenvalue weighted by molar-refractivity contribution is -0.129. The van der Waals surface area contributed by atoms with Crippen LogP contribution in [0.25, 0.3) is 0 Å². The molecule has 1 saturated heterocycles. The fourth-order valence-electron chi connectivity index (χ4n) is 3.33. The number of hydrogen-bond donors (Lipinski definition) is 9. The van der Waals surface area contributed by atoms with E-state index in [2.05, 4.69) is 4.31 Å². The molecule has 1 aliphatic rings. The number of H-pyrrole nitrogens is 1. The van der Waals surface area contributed by atoms with Crippen molar-refractivity contribution in [3.63, 3.8) is 0 Å². The predicted molar refractivity (Wildman–Crippen MR) is 122 cm³/mol. The number of amides is 1. The first kappa shape index (κ1) is 33.0. The zero-order valence-corrected chi connectivity index (χ0v) is 21.6. The summed E-state index contributed by atoms with van der Waals surface area (Å²) < 4.78 is 44.0. The number of aromatic amines is 1. The molecule has 2 heterocycles. The zero-order valence-electron chi connectivity index (χ0n) is 19.8. The molecule has 222 valence electrons. The molecular formula is C17H27N3O17P2. The number of carbonyl (C=O) groups is 2. The van der Waals surface area contributed by atoms with Crippen LogP contribution in [0.2, 0.25) is 0 Å². The Morgan fingerprint density at radius 2 is 1.87 bits per heavy atom. The Morgan fingerprint density at radius 1 is 1.23 bits per heavy atom. The number of aldehydes is 1. The van der Waals surface area contributed by atoms with Gasteiger partial charge in [-0.25, -0.2) is 13.9 Å². The number of aliphatic hydroxyl groups excluding tert-OH is 5. The highest BCUT2D eigenvalue weighted by Gasteiger charge is 2.48. The SMILES string of the molecule is CC(=O)N[C@@H](C=O)[C@@H](O)[C@H](O)[C@@H](CO)OP(=O)(OC[C@H]1O[C@@H](n2ccc(=O)[nH]c2=O)[C@H](O)[C@@H]1O)OP(=O)(O)O. The normalized spacial score (nSPS) is 26.3. The van der Waals surface area contributed by atoms with Crippen molar-refractivity contribution in [1.82, 2.24) is 14.9 Å². The van der Waals surface area contributed by atoms with Crippen molar-refractivity contribution < 1.29 is 72.1 Å². The van der Waals surface area contributed by atoms with E-state index in [4.69, 9.17) is 23.6 Å². The van der Waals surface area contributed by atoms with Gasteiger partial charge in [-0.2, -0.15) is 4.31 Å². The summed E-state index contributed by atoms with van der Waals surface area (Å²) in [6.45, 7) is -1.44. The molecule has 0 saturated carbocycles. The number of aromatic nitrogens is 2. The molecule has 0 aliphatic carbocycles. The van der Waals surface area contributed by atoms with E-state index < -0.39 is 94.9 Å². The maximum atomic E-state index is 13.0. The minimum Gasteiger partial charge on any atom is -0.394 e. The van der Waals surface area contributed by atoms with Gasteiger partial charge >= 0.3 is 21.3 Å². The number of carbonyl (C=O) groups excluding carboxylic acids is 2. The summed E-state index contributed by atoms with van der Waals surface area (Å²) in [5.41, 5.74) is -1.82. The minimum absolute atomic E-state index is 0.0141. The maximum absolute atomic E-state index is 13.0. The highest BCUT2D eigenvalue weighted by Crippen LogP contribution is 2.62. The van der Waals surface area contributed by atoms with Crippen molar-refractivity contribution in [2.45, 2.75) is 55.8 Å². The van der Waals surface area contributed by atoms with E-state index in [1.165, 1.54) is 0 Å². The van der Waals surface area contributed by atoms with Crippen LogP contribution in [-0.2, 0) is 36.8 Å². The van der Waals surface area contributed by atoms with E-state index >= 15 is 0 Å². The van der Waals surface area contributed by atoms with Gasteiger partial charge in [0.15, 0.2) is 6.23 Å². The van der Waals surface area contributed by atoms with Gasteiger partial charge in [-0.1, -0.05) is 0 Å². The largest absolute Gasteiger partial charge is 0.484 e. The number of aliphatic hydroxyl groups is 5. The summed E-state index contributed by atoms with van der Waals surface area (Å²) in [6.07, 6.45) is -12.8. The maximum Gasteiger partial charge on any atom is 0.484 e. The van der Waals surface area contributed by atoms with E-state index in [9.17, 15) is 53.8 Å². The van der Waals surface area contributed by atoms with E-state index in [-0.39, 0.29) is 6.29 Å². The second-order valence-corrected chi connectivity index (χ2v) is 11.0. The highest BCUT2D eigenvalue weighted by atomic mass is 31.3. The van der Waals surface area contributed by atoms with Crippen molar-refractivity contribution in [3.05, 3.63) is 33.1 Å². The van der Waals surface area contributed by atoms with Crippen LogP contribution in [0.3, 0.4) is 0 Å². The summed E-state index contributed by atoms with van der Waals surface area (Å²) in [5.74, 6) is -0.807. The smallest absolute Gasteiger partial charge is 0.394 e. The Kier molecular flexibility index (Phi) is 11.4. The molecule has 1 unspecified atom stereocenters. The van der Waals surface area contributed by atoms with E-state index in [1.807, 2.05) is 10.3 Å². The molecular weight excluding hydrogens is 580 g/mol. The van der Waals surface area contributed by atoms with Gasteiger partial charge in [-0.3, -0.25) is 28.2 Å². The summed E-state index contributed by atoms with van der Waals surface area (Å²) in [7, 11) is -11.2. The number of nitrogens with one attached hydrogen (secondary N) is 2. The van der Waals surface area contributed by atoms with Gasteiger partial charge in [-0.15, -0.1) is 0 Å². The first-order valence-corrected chi connectivity index (χ1v) is 13.7. The summed E-state index contributed by atoms with van der Waals surface area (Å²) in [5, 5.41) is 52.5. The Morgan fingerprint density at radius 3 is 2.38 bits per heavy atom. The quantitative estimate of drug-likeness (QED) is 0.0707. The number of phosphoric acid groups is 2. The summed E-state index contributed by atoms with van der Waals surface area (Å²) >= 11 is 0. The molecule has 1 aromatic rings. The highest BCUT2D eigenvalue weighted by molar-refractivity contribution is 7.61. The van der Waals surface area contributed by atoms with Gasteiger partial charge in [0.2, 0.25) is 5.91 Å². The first-order valence-electron chi connectivity index (χ1n) is 10.7. The van der Waals surface area contributed by atoms with Gasteiger partial charge in [0, 0.05) is 19.2 Å². The first-order chi connectivity index (χ1) is 18.0. The Labute approximate surface area is 217 Å². The van der Waals surface area contributed by atoms with Crippen LogP contribution in [0.5, 0.6) is 0 Å². The zero-order chi connectivity index (χ0) is 29.7. The average molecular weight is 607 g/mol. The molecule has 1 fully saturated rings. The lowest BCUT2D eigenvalue weighted by Crippen LogP contribution is -2.53. The van der Waals surface area contributed by atoms with Crippen molar-refractivity contribution in [3.8, 4) is 0 Å². The molecule has 1 aromatic heterocycles. The van der Waals surface area contributed by atoms with Gasteiger partial charge in [-0.05, 0) is 0 Å².